The summed E-state index contributed by atoms with van der Waals surface area (Å²) in [6.07, 6.45) is 2.73. The molecule has 0 aromatic heterocycles. The molecule has 5 aromatic carbocycles. The lowest BCUT2D eigenvalue weighted by atomic mass is 9.74. The van der Waals surface area contributed by atoms with Crippen LogP contribution < -0.4 is 4.74 Å². The number of benzene rings is 5. The summed E-state index contributed by atoms with van der Waals surface area (Å²) >= 11 is 1.94. The van der Waals surface area contributed by atoms with Gasteiger partial charge < -0.3 is 9.47 Å². The summed E-state index contributed by atoms with van der Waals surface area (Å²) in [7, 11) is 3.20. The van der Waals surface area contributed by atoms with Crippen LogP contribution in [0.25, 0.3) is 0 Å². The van der Waals surface area contributed by atoms with Gasteiger partial charge in [0.1, 0.15) is 5.75 Å². The van der Waals surface area contributed by atoms with E-state index in [2.05, 4.69) is 146 Å². The van der Waals surface area contributed by atoms with Crippen LogP contribution in [0.1, 0.15) is 85.3 Å². The van der Waals surface area contributed by atoms with E-state index in [0.717, 1.165) is 30.8 Å². The van der Waals surface area contributed by atoms with E-state index >= 15 is 0 Å². The molecule has 2 unspecified atom stereocenters. The number of esters is 1. The fourth-order valence-electron chi connectivity index (χ4n) is 6.92. The smallest absolute Gasteiger partial charge is 0.311 e. The third-order valence-electron chi connectivity index (χ3n) is 9.59. The molecule has 248 valence electrons. The molecule has 0 spiro atoms. The van der Waals surface area contributed by atoms with Gasteiger partial charge in [-0.3, -0.25) is 4.79 Å². The molecule has 0 saturated carbocycles. The van der Waals surface area contributed by atoms with E-state index in [1.807, 2.05) is 25.6 Å². The SMILES string of the molecule is CCC(CC(CC(C)(C)C(=O)OC)c1ccc(CSC(c2ccccc2)(c2ccccc2)c2ccc(OC)cc2)cc1)c1ccccc1. The molecule has 0 aliphatic heterocycles. The van der Waals surface area contributed by atoms with Crippen LogP contribution in [0.4, 0.5) is 0 Å². The summed E-state index contributed by atoms with van der Waals surface area (Å²) in [5.74, 6) is 2.11. The van der Waals surface area contributed by atoms with Crippen molar-refractivity contribution in [3.8, 4) is 5.75 Å². The lowest BCUT2D eigenvalue weighted by molar-refractivity contribution is -0.151. The van der Waals surface area contributed by atoms with Crippen LogP contribution in [0.5, 0.6) is 5.75 Å². The van der Waals surface area contributed by atoms with Gasteiger partial charge in [0, 0.05) is 5.75 Å². The number of ether oxygens (including phenoxy) is 2. The van der Waals surface area contributed by atoms with Crippen LogP contribution in [0, 0.1) is 5.41 Å². The van der Waals surface area contributed by atoms with Crippen molar-refractivity contribution in [2.24, 2.45) is 5.41 Å². The van der Waals surface area contributed by atoms with E-state index in [9.17, 15) is 4.79 Å². The van der Waals surface area contributed by atoms with Crippen molar-refractivity contribution in [2.45, 2.75) is 62.4 Å². The zero-order chi connectivity index (χ0) is 34.0. The molecule has 0 aliphatic carbocycles. The van der Waals surface area contributed by atoms with Crippen LogP contribution in [0.15, 0.2) is 140 Å². The monoisotopic (exact) mass is 656 g/mol. The van der Waals surface area contributed by atoms with E-state index in [4.69, 9.17) is 9.47 Å². The van der Waals surface area contributed by atoms with Gasteiger partial charge >= 0.3 is 5.97 Å². The molecule has 0 N–H and O–H groups in total. The zero-order valence-corrected chi connectivity index (χ0v) is 29.7. The number of rotatable bonds is 15. The Morgan fingerprint density at radius 1 is 0.646 bits per heavy atom. The Hall–Kier alpha value is -4.28. The summed E-state index contributed by atoms with van der Waals surface area (Å²) < 4.78 is 10.3. The van der Waals surface area contributed by atoms with E-state index < -0.39 is 10.2 Å². The summed E-state index contributed by atoms with van der Waals surface area (Å²) in [4.78, 5) is 12.8. The van der Waals surface area contributed by atoms with Gasteiger partial charge in [0.15, 0.2) is 0 Å². The predicted molar refractivity (Wildman–Crippen MR) is 201 cm³/mol. The van der Waals surface area contributed by atoms with Gasteiger partial charge in [0.2, 0.25) is 0 Å². The van der Waals surface area contributed by atoms with E-state index in [-0.39, 0.29) is 11.9 Å². The van der Waals surface area contributed by atoms with Gasteiger partial charge in [-0.05, 0) is 90.5 Å². The molecule has 3 nitrogen and oxygen atoms in total. The average molecular weight is 657 g/mol. The molecular weight excluding hydrogens is 609 g/mol. The number of hydrogen-bond acceptors (Lipinski definition) is 4. The summed E-state index contributed by atoms with van der Waals surface area (Å²) in [5.41, 5.74) is 6.97. The maximum absolute atomic E-state index is 12.8. The first-order valence-electron chi connectivity index (χ1n) is 16.9. The Morgan fingerprint density at radius 2 is 1.15 bits per heavy atom. The molecule has 0 saturated heterocycles. The normalized spacial score (nSPS) is 13.0. The largest absolute Gasteiger partial charge is 0.497 e. The molecular formula is C44H48O3S. The molecule has 0 fully saturated rings. The highest BCUT2D eigenvalue weighted by Crippen LogP contribution is 2.50. The Bertz CT molecular complexity index is 1660. The lowest BCUT2D eigenvalue weighted by Crippen LogP contribution is -2.28. The van der Waals surface area contributed by atoms with Crippen LogP contribution in [0.3, 0.4) is 0 Å². The van der Waals surface area contributed by atoms with Crippen LogP contribution in [-0.4, -0.2) is 20.2 Å². The minimum absolute atomic E-state index is 0.162. The molecule has 0 radical (unpaired) electrons. The molecule has 5 rings (SSSR count). The molecule has 0 bridgehead atoms. The first-order chi connectivity index (χ1) is 23.3. The first-order valence-corrected chi connectivity index (χ1v) is 17.9. The minimum Gasteiger partial charge on any atom is -0.497 e. The molecule has 4 heteroatoms. The summed E-state index contributed by atoms with van der Waals surface area (Å²) in [6.45, 7) is 6.27. The molecule has 0 aliphatic rings. The number of carbonyl (C=O) groups is 1. The Balaban J connectivity index is 1.48. The second-order valence-electron chi connectivity index (χ2n) is 13.2. The van der Waals surface area contributed by atoms with Gasteiger partial charge in [-0.25, -0.2) is 0 Å². The van der Waals surface area contributed by atoms with Crippen LogP contribution in [-0.2, 0) is 20.0 Å². The maximum Gasteiger partial charge on any atom is 0.311 e. The highest BCUT2D eigenvalue weighted by Gasteiger charge is 2.37. The van der Waals surface area contributed by atoms with Crippen LogP contribution in [0.2, 0.25) is 0 Å². The predicted octanol–water partition coefficient (Wildman–Crippen LogP) is 11.2. The van der Waals surface area contributed by atoms with Crippen molar-refractivity contribution in [3.05, 3.63) is 173 Å². The fourth-order valence-corrected chi connectivity index (χ4v) is 8.40. The van der Waals surface area contributed by atoms with Crippen molar-refractivity contribution in [2.75, 3.05) is 14.2 Å². The summed E-state index contributed by atoms with van der Waals surface area (Å²) in [5, 5.41) is 0. The van der Waals surface area contributed by atoms with Gasteiger partial charge in [-0.1, -0.05) is 134 Å². The van der Waals surface area contributed by atoms with Gasteiger partial charge in [-0.2, -0.15) is 0 Å². The molecule has 5 aromatic rings. The minimum atomic E-state index is -0.591. The van der Waals surface area contributed by atoms with Crippen molar-refractivity contribution in [3.63, 3.8) is 0 Å². The Kier molecular flexibility index (Phi) is 11.8. The number of carbonyl (C=O) groups excluding carboxylic acids is 1. The number of hydrogen-bond donors (Lipinski definition) is 0. The summed E-state index contributed by atoms with van der Waals surface area (Å²) in [6, 6.07) is 50.0. The third-order valence-corrected chi connectivity index (χ3v) is 11.2. The fraction of sp³-hybridized carbons (Fsp3) is 0.295. The van der Waals surface area contributed by atoms with E-state index in [1.54, 1.807) is 7.11 Å². The number of thioether (sulfide) groups is 1. The molecule has 0 heterocycles. The maximum atomic E-state index is 12.8. The topological polar surface area (TPSA) is 35.5 Å². The number of methoxy groups -OCH3 is 2. The standard InChI is InChI=1S/C44H48O3S/c1-6-34(35-16-10-7-11-17-35)30-37(31-43(2,3)42(45)47-5)36-24-22-33(23-25-36)32-48-44(38-18-12-8-13-19-38,39-20-14-9-15-21-39)40-26-28-41(46-4)29-27-40/h7-29,34,37H,6,30-32H2,1-5H3. The van der Waals surface area contributed by atoms with Crippen molar-refractivity contribution < 1.29 is 14.3 Å². The van der Waals surface area contributed by atoms with E-state index in [1.165, 1.54) is 40.5 Å². The third kappa shape index (κ3) is 8.05. The van der Waals surface area contributed by atoms with Crippen molar-refractivity contribution in [1.29, 1.82) is 0 Å². The second-order valence-corrected chi connectivity index (χ2v) is 14.4. The molecule has 0 amide bonds. The highest BCUT2D eigenvalue weighted by molar-refractivity contribution is 7.99. The highest BCUT2D eigenvalue weighted by atomic mass is 32.2. The first kappa shape index (κ1) is 35.0. The van der Waals surface area contributed by atoms with Crippen molar-refractivity contribution >= 4 is 17.7 Å². The average Bonchev–Trinajstić information content (AvgIpc) is 3.15. The molecule has 48 heavy (non-hydrogen) atoms. The van der Waals surface area contributed by atoms with E-state index in [0.29, 0.717) is 5.92 Å². The van der Waals surface area contributed by atoms with Crippen molar-refractivity contribution in [1.82, 2.24) is 0 Å². The zero-order valence-electron chi connectivity index (χ0n) is 28.9. The van der Waals surface area contributed by atoms with Crippen LogP contribution >= 0.6 is 11.8 Å². The lowest BCUT2D eigenvalue weighted by Gasteiger charge is -2.35. The Labute approximate surface area is 291 Å². The van der Waals surface area contributed by atoms with Gasteiger partial charge in [0.25, 0.3) is 0 Å². The second kappa shape index (κ2) is 16.2. The van der Waals surface area contributed by atoms with Gasteiger partial charge in [-0.15, -0.1) is 11.8 Å². The Morgan fingerprint density at radius 3 is 1.65 bits per heavy atom. The quantitative estimate of drug-likeness (QED) is 0.0830. The molecule has 2 atom stereocenters. The van der Waals surface area contributed by atoms with Gasteiger partial charge in [0.05, 0.1) is 24.4 Å².